The largest absolute Gasteiger partial charge is 0.506 e. The molecule has 0 aliphatic rings. The van der Waals surface area contributed by atoms with E-state index in [1.54, 1.807) is 28.7 Å². The van der Waals surface area contributed by atoms with Crippen molar-refractivity contribution in [3.8, 4) is 22.7 Å². The Morgan fingerprint density at radius 1 is 1.21 bits per heavy atom. The van der Waals surface area contributed by atoms with Crippen LogP contribution in [0.1, 0.15) is 5.69 Å². The van der Waals surface area contributed by atoms with E-state index in [1.807, 2.05) is 37.4 Å². The maximum Gasteiger partial charge on any atom is 0.144 e. The first-order valence-corrected chi connectivity index (χ1v) is 7.75. The fourth-order valence-electron chi connectivity index (χ4n) is 2.82. The van der Waals surface area contributed by atoms with Crippen LogP contribution in [0.5, 0.6) is 5.75 Å². The minimum absolute atomic E-state index is 0.156. The summed E-state index contributed by atoms with van der Waals surface area (Å²) in [4.78, 5) is 4.53. The van der Waals surface area contributed by atoms with Gasteiger partial charge in [-0.3, -0.25) is 4.68 Å². The molecule has 0 aliphatic heterocycles. The SMILES string of the molecule is Cc1cc(O)c2c(n1)c(-c1ccc(-n3cccn3)cc1Cl)nn2C. The second kappa shape index (κ2) is 5.35. The number of aromatic nitrogens is 5. The fourth-order valence-corrected chi connectivity index (χ4v) is 3.09. The number of aromatic hydroxyl groups is 1. The van der Waals surface area contributed by atoms with Crippen molar-refractivity contribution in [3.05, 3.63) is 53.4 Å². The Kier molecular flexibility index (Phi) is 3.28. The predicted octanol–water partition coefficient (Wildman–Crippen LogP) is 3.49. The number of hydrogen-bond donors (Lipinski definition) is 1. The summed E-state index contributed by atoms with van der Waals surface area (Å²) in [5.41, 5.74) is 4.20. The smallest absolute Gasteiger partial charge is 0.144 e. The molecule has 0 radical (unpaired) electrons. The molecule has 3 heterocycles. The monoisotopic (exact) mass is 339 g/mol. The number of hydrogen-bond acceptors (Lipinski definition) is 4. The number of pyridine rings is 1. The number of halogens is 1. The predicted molar refractivity (Wildman–Crippen MR) is 92.5 cm³/mol. The van der Waals surface area contributed by atoms with Gasteiger partial charge >= 0.3 is 0 Å². The Labute approximate surface area is 142 Å². The van der Waals surface area contributed by atoms with Crippen molar-refractivity contribution in [1.29, 1.82) is 0 Å². The zero-order valence-electron chi connectivity index (χ0n) is 13.1. The maximum atomic E-state index is 10.2. The van der Waals surface area contributed by atoms with Gasteiger partial charge in [-0.25, -0.2) is 9.67 Å². The molecule has 0 atom stereocenters. The number of rotatable bonds is 2. The van der Waals surface area contributed by atoms with Gasteiger partial charge in [0, 0.05) is 36.8 Å². The quantitative estimate of drug-likeness (QED) is 0.607. The van der Waals surface area contributed by atoms with Crippen LogP contribution in [0.3, 0.4) is 0 Å². The van der Waals surface area contributed by atoms with Crippen molar-refractivity contribution in [2.24, 2.45) is 7.05 Å². The topological polar surface area (TPSA) is 68.8 Å². The minimum atomic E-state index is 0.156. The Morgan fingerprint density at radius 2 is 2.04 bits per heavy atom. The first-order chi connectivity index (χ1) is 11.5. The minimum Gasteiger partial charge on any atom is -0.506 e. The summed E-state index contributed by atoms with van der Waals surface area (Å²) < 4.78 is 3.35. The lowest BCUT2D eigenvalue weighted by Gasteiger charge is -2.06. The Hall–Kier alpha value is -2.86. The van der Waals surface area contributed by atoms with Crippen LogP contribution >= 0.6 is 11.6 Å². The lowest BCUT2D eigenvalue weighted by atomic mass is 10.1. The van der Waals surface area contributed by atoms with Crippen molar-refractivity contribution in [2.45, 2.75) is 6.92 Å². The van der Waals surface area contributed by atoms with Crippen molar-refractivity contribution in [2.75, 3.05) is 0 Å². The Balaban J connectivity index is 1.92. The first kappa shape index (κ1) is 14.7. The van der Waals surface area contributed by atoms with Gasteiger partial charge < -0.3 is 5.11 Å². The molecule has 0 spiro atoms. The summed E-state index contributed by atoms with van der Waals surface area (Å²) in [5.74, 6) is 0.156. The molecular formula is C17H14ClN5O. The Bertz CT molecular complexity index is 1050. The fraction of sp³-hybridized carbons (Fsp3) is 0.118. The molecule has 4 rings (SSSR count). The van der Waals surface area contributed by atoms with Crippen LogP contribution in [-0.4, -0.2) is 29.7 Å². The maximum absolute atomic E-state index is 10.2. The molecule has 24 heavy (non-hydrogen) atoms. The second-order valence-corrected chi connectivity index (χ2v) is 5.97. The number of nitrogens with zero attached hydrogens (tertiary/aromatic N) is 5. The zero-order valence-corrected chi connectivity index (χ0v) is 13.9. The highest BCUT2D eigenvalue weighted by Gasteiger charge is 2.18. The van der Waals surface area contributed by atoms with Crippen molar-refractivity contribution in [1.82, 2.24) is 24.5 Å². The summed E-state index contributed by atoms with van der Waals surface area (Å²) in [7, 11) is 1.77. The highest BCUT2D eigenvalue weighted by molar-refractivity contribution is 6.33. The van der Waals surface area contributed by atoms with Crippen LogP contribution in [-0.2, 0) is 7.05 Å². The highest BCUT2D eigenvalue weighted by Crippen LogP contribution is 2.35. The number of benzene rings is 1. The average Bonchev–Trinajstić information content (AvgIpc) is 3.15. The molecule has 0 bridgehead atoms. The molecule has 7 heteroatoms. The lowest BCUT2D eigenvalue weighted by Crippen LogP contribution is -1.95. The van der Waals surface area contributed by atoms with Crippen LogP contribution in [0.25, 0.3) is 28.0 Å². The Morgan fingerprint density at radius 3 is 2.75 bits per heavy atom. The summed E-state index contributed by atoms with van der Waals surface area (Å²) >= 11 is 6.49. The number of aryl methyl sites for hydroxylation is 2. The molecule has 120 valence electrons. The molecule has 6 nitrogen and oxygen atoms in total. The average molecular weight is 340 g/mol. The van der Waals surface area contributed by atoms with Gasteiger partial charge in [-0.1, -0.05) is 11.6 Å². The molecule has 1 N–H and O–H groups in total. The van der Waals surface area contributed by atoms with E-state index >= 15 is 0 Å². The summed E-state index contributed by atoms with van der Waals surface area (Å²) in [6, 6.07) is 9.12. The van der Waals surface area contributed by atoms with Gasteiger partial charge in [0.1, 0.15) is 22.5 Å². The third kappa shape index (κ3) is 2.23. The van der Waals surface area contributed by atoms with Gasteiger partial charge in [0.15, 0.2) is 0 Å². The molecule has 4 aromatic rings. The zero-order chi connectivity index (χ0) is 16.8. The van der Waals surface area contributed by atoms with Crippen LogP contribution in [0.15, 0.2) is 42.7 Å². The summed E-state index contributed by atoms with van der Waals surface area (Å²) in [6.07, 6.45) is 3.56. The molecule has 0 amide bonds. The summed E-state index contributed by atoms with van der Waals surface area (Å²) in [5, 5.41) is 19.4. The van der Waals surface area contributed by atoms with E-state index in [0.29, 0.717) is 21.7 Å². The van der Waals surface area contributed by atoms with E-state index in [1.165, 1.54) is 0 Å². The second-order valence-electron chi connectivity index (χ2n) is 5.57. The van der Waals surface area contributed by atoms with E-state index in [9.17, 15) is 5.11 Å². The standard InChI is InChI=1S/C17H14ClN5O/c1-10-8-14(24)17-16(20-10)15(21-22(17)2)12-5-4-11(9-13(12)18)23-7-3-6-19-23/h3-9H,1-2H3,(H,20,24). The van der Waals surface area contributed by atoms with Crippen LogP contribution in [0.4, 0.5) is 0 Å². The number of fused-ring (bicyclic) bond motifs is 1. The first-order valence-electron chi connectivity index (χ1n) is 7.38. The van der Waals surface area contributed by atoms with Crippen LogP contribution < -0.4 is 0 Å². The molecule has 0 unspecified atom stereocenters. The molecule has 0 saturated heterocycles. The molecular weight excluding hydrogens is 326 g/mol. The van der Waals surface area contributed by atoms with Gasteiger partial charge in [0.2, 0.25) is 0 Å². The van der Waals surface area contributed by atoms with Crippen molar-refractivity contribution < 1.29 is 5.11 Å². The van der Waals surface area contributed by atoms with Crippen LogP contribution in [0, 0.1) is 6.92 Å². The molecule has 0 aliphatic carbocycles. The van der Waals surface area contributed by atoms with Crippen molar-refractivity contribution >= 4 is 22.6 Å². The molecule has 1 aromatic carbocycles. The van der Waals surface area contributed by atoms with Gasteiger partial charge in [0.05, 0.1) is 10.7 Å². The van der Waals surface area contributed by atoms with E-state index in [0.717, 1.165) is 16.9 Å². The van der Waals surface area contributed by atoms with Crippen molar-refractivity contribution in [3.63, 3.8) is 0 Å². The third-order valence-electron chi connectivity index (χ3n) is 3.88. The van der Waals surface area contributed by atoms with E-state index in [2.05, 4.69) is 15.2 Å². The molecule has 3 aromatic heterocycles. The van der Waals surface area contributed by atoms with E-state index < -0.39 is 0 Å². The molecule has 0 saturated carbocycles. The van der Waals surface area contributed by atoms with E-state index in [4.69, 9.17) is 11.6 Å². The molecule has 0 fully saturated rings. The van der Waals surface area contributed by atoms with Gasteiger partial charge in [-0.15, -0.1) is 0 Å². The van der Waals surface area contributed by atoms with Crippen LogP contribution in [0.2, 0.25) is 5.02 Å². The third-order valence-corrected chi connectivity index (χ3v) is 4.19. The normalized spacial score (nSPS) is 11.3. The van der Waals surface area contributed by atoms with Gasteiger partial charge in [-0.2, -0.15) is 10.2 Å². The summed E-state index contributed by atoms with van der Waals surface area (Å²) in [6.45, 7) is 1.83. The highest BCUT2D eigenvalue weighted by atomic mass is 35.5. The van der Waals surface area contributed by atoms with E-state index in [-0.39, 0.29) is 5.75 Å². The lowest BCUT2D eigenvalue weighted by molar-refractivity contribution is 0.477. The van der Waals surface area contributed by atoms with Gasteiger partial charge in [-0.05, 0) is 31.2 Å². The van der Waals surface area contributed by atoms with Gasteiger partial charge in [0.25, 0.3) is 0 Å².